The van der Waals surface area contributed by atoms with Crippen molar-refractivity contribution in [3.8, 4) is 0 Å². The standard InChI is InChI=1S/C10H12N2O2S2/c1-15-9-8-6(2-3-11-9)4-7(16-8)5-12-10(13)14/h4,12H,2-3,5H2,1H3,(H,13,14). The normalized spacial score (nSPS) is 14.2. The van der Waals surface area contributed by atoms with Gasteiger partial charge in [0.15, 0.2) is 0 Å². The Balaban J connectivity index is 2.17. The number of nitrogens with zero attached hydrogens (tertiary/aromatic N) is 1. The van der Waals surface area contributed by atoms with Crippen LogP contribution in [-0.2, 0) is 13.0 Å². The number of carbonyl (C=O) groups is 1. The van der Waals surface area contributed by atoms with Crippen LogP contribution in [0.3, 0.4) is 0 Å². The quantitative estimate of drug-likeness (QED) is 0.852. The van der Waals surface area contributed by atoms with Gasteiger partial charge in [0.2, 0.25) is 0 Å². The number of thioether (sulfide) groups is 1. The lowest BCUT2D eigenvalue weighted by Crippen LogP contribution is -2.19. The zero-order valence-electron chi connectivity index (χ0n) is 8.82. The molecule has 0 unspecified atom stereocenters. The van der Waals surface area contributed by atoms with Gasteiger partial charge in [-0.1, -0.05) is 0 Å². The molecular weight excluding hydrogens is 244 g/mol. The van der Waals surface area contributed by atoms with Gasteiger partial charge in [-0.2, -0.15) is 0 Å². The Morgan fingerprint density at radius 3 is 3.25 bits per heavy atom. The van der Waals surface area contributed by atoms with Crippen molar-refractivity contribution >= 4 is 34.2 Å². The molecule has 2 rings (SSSR count). The van der Waals surface area contributed by atoms with E-state index in [0.29, 0.717) is 6.54 Å². The number of nitrogens with one attached hydrogen (secondary N) is 1. The molecule has 0 aromatic carbocycles. The van der Waals surface area contributed by atoms with Gasteiger partial charge in [0.05, 0.1) is 11.4 Å². The van der Waals surface area contributed by atoms with E-state index in [-0.39, 0.29) is 0 Å². The third-order valence-electron chi connectivity index (χ3n) is 2.30. The highest BCUT2D eigenvalue weighted by atomic mass is 32.2. The molecule has 1 aliphatic rings. The topological polar surface area (TPSA) is 61.7 Å². The van der Waals surface area contributed by atoms with Crippen molar-refractivity contribution in [2.45, 2.75) is 13.0 Å². The first-order valence-corrected chi connectivity index (χ1v) is 6.92. The van der Waals surface area contributed by atoms with Crippen molar-refractivity contribution < 1.29 is 9.90 Å². The summed E-state index contributed by atoms with van der Waals surface area (Å²) in [4.78, 5) is 17.1. The molecule has 0 saturated heterocycles. The van der Waals surface area contributed by atoms with Crippen LogP contribution in [0.25, 0.3) is 0 Å². The summed E-state index contributed by atoms with van der Waals surface area (Å²) in [6, 6.07) is 2.08. The Hall–Kier alpha value is -1.01. The number of carboxylic acid groups (broad SMARTS) is 1. The molecule has 0 fully saturated rings. The molecule has 2 heterocycles. The molecule has 6 heteroatoms. The van der Waals surface area contributed by atoms with Gasteiger partial charge in [-0.25, -0.2) is 4.79 Å². The molecule has 2 N–H and O–H groups in total. The summed E-state index contributed by atoms with van der Waals surface area (Å²) < 4.78 is 0. The fourth-order valence-electron chi connectivity index (χ4n) is 1.61. The number of amides is 1. The summed E-state index contributed by atoms with van der Waals surface area (Å²) in [5.74, 6) is 0. The van der Waals surface area contributed by atoms with Gasteiger partial charge in [0, 0.05) is 11.4 Å². The molecule has 1 amide bonds. The van der Waals surface area contributed by atoms with E-state index in [0.717, 1.165) is 22.9 Å². The van der Waals surface area contributed by atoms with Crippen molar-refractivity contribution in [2.24, 2.45) is 4.99 Å². The van der Waals surface area contributed by atoms with Crippen LogP contribution in [0.2, 0.25) is 0 Å². The van der Waals surface area contributed by atoms with Gasteiger partial charge in [-0.05, 0) is 24.3 Å². The molecule has 1 aromatic rings. The minimum atomic E-state index is -0.981. The van der Waals surface area contributed by atoms with Crippen LogP contribution in [0.4, 0.5) is 4.79 Å². The smallest absolute Gasteiger partial charge is 0.404 e. The van der Waals surface area contributed by atoms with E-state index in [2.05, 4.69) is 16.4 Å². The predicted molar refractivity (Wildman–Crippen MR) is 67.8 cm³/mol. The van der Waals surface area contributed by atoms with Crippen LogP contribution in [-0.4, -0.2) is 29.0 Å². The largest absolute Gasteiger partial charge is 0.465 e. The van der Waals surface area contributed by atoms with Crippen molar-refractivity contribution in [1.29, 1.82) is 0 Å². The number of hydrogen-bond acceptors (Lipinski definition) is 4. The summed E-state index contributed by atoms with van der Waals surface area (Å²) >= 11 is 3.28. The number of aliphatic imine (C=N–C) groups is 1. The third kappa shape index (κ3) is 2.38. The molecule has 4 nitrogen and oxygen atoms in total. The second-order valence-corrected chi connectivity index (χ2v) is 5.30. The van der Waals surface area contributed by atoms with E-state index >= 15 is 0 Å². The number of hydrogen-bond donors (Lipinski definition) is 2. The summed E-state index contributed by atoms with van der Waals surface area (Å²) in [6.45, 7) is 1.22. The second-order valence-electron chi connectivity index (χ2n) is 3.37. The van der Waals surface area contributed by atoms with E-state index in [4.69, 9.17) is 5.11 Å². The fraction of sp³-hybridized carbons (Fsp3) is 0.400. The van der Waals surface area contributed by atoms with E-state index in [1.54, 1.807) is 23.1 Å². The number of fused-ring (bicyclic) bond motifs is 1. The Morgan fingerprint density at radius 2 is 2.56 bits per heavy atom. The van der Waals surface area contributed by atoms with Crippen LogP contribution < -0.4 is 5.32 Å². The molecular formula is C10H12N2O2S2. The van der Waals surface area contributed by atoms with E-state index in [9.17, 15) is 4.79 Å². The molecule has 16 heavy (non-hydrogen) atoms. The van der Waals surface area contributed by atoms with Gasteiger partial charge in [0.1, 0.15) is 5.04 Å². The Bertz CT molecular complexity index is 440. The van der Waals surface area contributed by atoms with Crippen LogP contribution >= 0.6 is 23.1 Å². The molecule has 0 radical (unpaired) electrons. The Labute approximate surface area is 102 Å². The van der Waals surface area contributed by atoms with Gasteiger partial charge in [0.25, 0.3) is 0 Å². The summed E-state index contributed by atoms with van der Waals surface area (Å²) in [5, 5.41) is 12.0. The minimum Gasteiger partial charge on any atom is -0.465 e. The van der Waals surface area contributed by atoms with Crippen molar-refractivity contribution in [2.75, 3.05) is 12.8 Å². The van der Waals surface area contributed by atoms with E-state index in [1.807, 2.05) is 6.26 Å². The fourth-order valence-corrected chi connectivity index (χ4v) is 3.57. The molecule has 0 atom stereocenters. The number of rotatable bonds is 2. The van der Waals surface area contributed by atoms with Crippen LogP contribution in [0.1, 0.15) is 15.3 Å². The van der Waals surface area contributed by atoms with Crippen molar-refractivity contribution in [1.82, 2.24) is 5.32 Å². The minimum absolute atomic E-state index is 0.384. The van der Waals surface area contributed by atoms with Gasteiger partial charge >= 0.3 is 6.09 Å². The molecule has 0 saturated carbocycles. The Morgan fingerprint density at radius 1 is 1.75 bits per heavy atom. The van der Waals surface area contributed by atoms with Crippen LogP contribution in [0.5, 0.6) is 0 Å². The maximum Gasteiger partial charge on any atom is 0.404 e. The lowest BCUT2D eigenvalue weighted by atomic mass is 10.1. The lowest BCUT2D eigenvalue weighted by Gasteiger charge is -2.09. The highest BCUT2D eigenvalue weighted by Crippen LogP contribution is 2.29. The highest BCUT2D eigenvalue weighted by Gasteiger charge is 2.17. The monoisotopic (exact) mass is 256 g/mol. The molecule has 0 spiro atoms. The van der Waals surface area contributed by atoms with Crippen LogP contribution in [0.15, 0.2) is 11.1 Å². The van der Waals surface area contributed by atoms with E-state index < -0.39 is 6.09 Å². The van der Waals surface area contributed by atoms with Crippen molar-refractivity contribution in [3.05, 3.63) is 21.4 Å². The zero-order valence-corrected chi connectivity index (χ0v) is 10.5. The molecule has 86 valence electrons. The molecule has 0 aliphatic carbocycles. The lowest BCUT2D eigenvalue weighted by molar-refractivity contribution is 0.194. The molecule has 0 bridgehead atoms. The van der Waals surface area contributed by atoms with Gasteiger partial charge < -0.3 is 10.4 Å². The first-order chi connectivity index (χ1) is 7.70. The van der Waals surface area contributed by atoms with Gasteiger partial charge in [-0.15, -0.1) is 23.1 Å². The molecule has 1 aromatic heterocycles. The predicted octanol–water partition coefficient (Wildman–Crippen LogP) is 2.18. The first-order valence-electron chi connectivity index (χ1n) is 4.88. The number of thiophene rings is 1. The molecule has 1 aliphatic heterocycles. The summed E-state index contributed by atoms with van der Waals surface area (Å²) in [7, 11) is 0. The highest BCUT2D eigenvalue weighted by molar-refractivity contribution is 8.14. The van der Waals surface area contributed by atoms with Crippen molar-refractivity contribution in [3.63, 3.8) is 0 Å². The summed E-state index contributed by atoms with van der Waals surface area (Å²) in [5.41, 5.74) is 1.30. The summed E-state index contributed by atoms with van der Waals surface area (Å²) in [6.07, 6.45) is 2.00. The first kappa shape index (κ1) is 11.5. The maximum atomic E-state index is 10.4. The Kier molecular flexibility index (Phi) is 3.50. The third-order valence-corrected chi connectivity index (χ3v) is 4.33. The average Bonchev–Trinajstić information content (AvgIpc) is 2.68. The SMILES string of the molecule is CSC1=NCCc2cc(CNC(=O)O)sc21. The zero-order chi connectivity index (χ0) is 11.5. The van der Waals surface area contributed by atoms with Gasteiger partial charge in [-0.3, -0.25) is 4.99 Å². The average molecular weight is 256 g/mol. The van der Waals surface area contributed by atoms with E-state index in [1.165, 1.54) is 10.4 Å². The second kappa shape index (κ2) is 4.88. The van der Waals surface area contributed by atoms with Crippen LogP contribution in [0, 0.1) is 0 Å². The maximum absolute atomic E-state index is 10.4.